The van der Waals surface area contributed by atoms with Gasteiger partial charge in [0, 0.05) is 9.50 Å². The van der Waals surface area contributed by atoms with Crippen molar-refractivity contribution >= 4 is 27.5 Å². The molecule has 0 radical (unpaired) electrons. The normalized spacial score (nSPS) is 15.1. The highest BCUT2D eigenvalue weighted by Gasteiger charge is 2.14. The molecule has 0 aliphatic heterocycles. The van der Waals surface area contributed by atoms with E-state index >= 15 is 0 Å². The van der Waals surface area contributed by atoms with Gasteiger partial charge in [-0.1, -0.05) is 27.5 Å². The van der Waals surface area contributed by atoms with Crippen LogP contribution in [-0.2, 0) is 12.8 Å². The van der Waals surface area contributed by atoms with Crippen molar-refractivity contribution in [1.29, 1.82) is 0 Å². The van der Waals surface area contributed by atoms with E-state index in [2.05, 4.69) is 22.0 Å². The van der Waals surface area contributed by atoms with Gasteiger partial charge in [-0.2, -0.15) is 0 Å². The van der Waals surface area contributed by atoms with Crippen LogP contribution in [0.4, 0.5) is 0 Å². The lowest BCUT2D eigenvalue weighted by atomic mass is 10.1. The van der Waals surface area contributed by atoms with Gasteiger partial charge < -0.3 is 0 Å². The zero-order valence-corrected chi connectivity index (χ0v) is 8.37. The zero-order valence-electron chi connectivity index (χ0n) is 6.03. The highest BCUT2D eigenvalue weighted by molar-refractivity contribution is 9.10. The molecule has 0 heterocycles. The minimum absolute atomic E-state index is 0.923. The van der Waals surface area contributed by atoms with Gasteiger partial charge in [0.25, 0.3) is 0 Å². The maximum absolute atomic E-state index is 6.04. The molecule has 0 unspecified atom stereocenters. The molecule has 58 valence electrons. The Kier molecular flexibility index (Phi) is 1.94. The topological polar surface area (TPSA) is 0 Å². The molecule has 0 nitrogen and oxygen atoms in total. The van der Waals surface area contributed by atoms with E-state index in [0.717, 1.165) is 15.9 Å². The number of hydrogen-bond acceptors (Lipinski definition) is 0. The Bertz CT molecular complexity index is 294. The lowest BCUT2D eigenvalue weighted by molar-refractivity contribution is 0.912. The van der Waals surface area contributed by atoms with Crippen LogP contribution in [0.3, 0.4) is 0 Å². The summed E-state index contributed by atoms with van der Waals surface area (Å²) in [6, 6.07) is 4.15. The van der Waals surface area contributed by atoms with Crippen molar-refractivity contribution in [3.63, 3.8) is 0 Å². The molecule has 0 saturated carbocycles. The van der Waals surface area contributed by atoms with E-state index in [4.69, 9.17) is 11.6 Å². The lowest BCUT2D eigenvalue weighted by Crippen LogP contribution is -1.83. The van der Waals surface area contributed by atoms with Gasteiger partial charge in [-0.3, -0.25) is 0 Å². The van der Waals surface area contributed by atoms with Crippen LogP contribution in [0.25, 0.3) is 0 Å². The summed E-state index contributed by atoms with van der Waals surface area (Å²) in [5.74, 6) is 0. The molecule has 1 aromatic rings. The van der Waals surface area contributed by atoms with Gasteiger partial charge in [-0.15, -0.1) is 0 Å². The van der Waals surface area contributed by atoms with Gasteiger partial charge in [-0.05, 0) is 42.5 Å². The molecule has 1 aliphatic carbocycles. The van der Waals surface area contributed by atoms with E-state index in [1.54, 1.807) is 0 Å². The summed E-state index contributed by atoms with van der Waals surface area (Å²) in [6.07, 6.45) is 3.60. The molecule has 0 amide bonds. The largest absolute Gasteiger partial charge is 0.0840 e. The summed E-state index contributed by atoms with van der Waals surface area (Å²) in [6.45, 7) is 0. The number of fused-ring (bicyclic) bond motifs is 1. The van der Waals surface area contributed by atoms with Crippen molar-refractivity contribution in [2.24, 2.45) is 0 Å². The smallest absolute Gasteiger partial charge is 0.0451 e. The molecule has 1 aromatic carbocycles. The molecule has 0 N–H and O–H groups in total. The summed E-state index contributed by atoms with van der Waals surface area (Å²) in [5.41, 5.74) is 2.78. The van der Waals surface area contributed by atoms with E-state index in [1.165, 1.54) is 24.0 Å². The third-order valence-electron chi connectivity index (χ3n) is 2.13. The molecule has 11 heavy (non-hydrogen) atoms. The van der Waals surface area contributed by atoms with Crippen molar-refractivity contribution in [1.82, 2.24) is 0 Å². The summed E-state index contributed by atoms with van der Waals surface area (Å²) < 4.78 is 1.10. The number of halogens is 2. The van der Waals surface area contributed by atoms with Crippen molar-refractivity contribution in [2.45, 2.75) is 19.3 Å². The molecule has 0 fully saturated rings. The average molecular weight is 232 g/mol. The van der Waals surface area contributed by atoms with Crippen molar-refractivity contribution < 1.29 is 0 Å². The first-order valence-corrected chi connectivity index (χ1v) is 4.91. The van der Waals surface area contributed by atoms with Crippen LogP contribution < -0.4 is 0 Å². The summed E-state index contributed by atoms with van der Waals surface area (Å²) in [7, 11) is 0. The number of aryl methyl sites for hydroxylation is 1. The zero-order chi connectivity index (χ0) is 7.84. The molecule has 0 aromatic heterocycles. The molecular weight excluding hydrogens is 223 g/mol. The summed E-state index contributed by atoms with van der Waals surface area (Å²) in [5, 5.41) is 0.923. The first-order valence-electron chi connectivity index (χ1n) is 3.74. The van der Waals surface area contributed by atoms with Crippen LogP contribution in [-0.4, -0.2) is 0 Å². The quantitative estimate of drug-likeness (QED) is 0.640. The SMILES string of the molecule is Clc1cc(Br)cc2c1CCC2. The lowest BCUT2D eigenvalue weighted by Gasteiger charge is -2.01. The average Bonchev–Trinajstić information content (AvgIpc) is 2.34. The fraction of sp³-hybridized carbons (Fsp3) is 0.333. The Balaban J connectivity index is 2.60. The third-order valence-corrected chi connectivity index (χ3v) is 2.92. The molecule has 2 heteroatoms. The molecule has 0 bridgehead atoms. The van der Waals surface area contributed by atoms with Crippen LogP contribution in [0.1, 0.15) is 17.5 Å². The van der Waals surface area contributed by atoms with Crippen molar-refractivity contribution in [3.8, 4) is 0 Å². The van der Waals surface area contributed by atoms with E-state index in [9.17, 15) is 0 Å². The van der Waals surface area contributed by atoms with Crippen LogP contribution in [0.5, 0.6) is 0 Å². The minimum atomic E-state index is 0.923. The molecule has 1 aliphatic rings. The Morgan fingerprint density at radius 3 is 2.91 bits per heavy atom. The predicted octanol–water partition coefficient (Wildman–Crippen LogP) is 3.59. The van der Waals surface area contributed by atoms with Gasteiger partial charge in [-0.25, -0.2) is 0 Å². The number of benzene rings is 1. The van der Waals surface area contributed by atoms with E-state index in [0.29, 0.717) is 0 Å². The standard InChI is InChI=1S/C9H8BrCl/c10-7-4-6-2-1-3-8(6)9(11)5-7/h4-5H,1-3H2. The van der Waals surface area contributed by atoms with E-state index < -0.39 is 0 Å². The Hall–Kier alpha value is -0.0100. The van der Waals surface area contributed by atoms with Crippen molar-refractivity contribution in [2.75, 3.05) is 0 Å². The second kappa shape index (κ2) is 2.80. The highest BCUT2D eigenvalue weighted by Crippen LogP contribution is 2.31. The van der Waals surface area contributed by atoms with Crippen LogP contribution in [0, 0.1) is 0 Å². The number of hydrogen-bond donors (Lipinski definition) is 0. The van der Waals surface area contributed by atoms with Gasteiger partial charge in [0.2, 0.25) is 0 Å². The molecule has 2 rings (SSSR count). The van der Waals surface area contributed by atoms with Gasteiger partial charge in [0.1, 0.15) is 0 Å². The monoisotopic (exact) mass is 230 g/mol. The van der Waals surface area contributed by atoms with Gasteiger partial charge >= 0.3 is 0 Å². The van der Waals surface area contributed by atoms with Gasteiger partial charge in [0.05, 0.1) is 0 Å². The maximum atomic E-state index is 6.04. The fourth-order valence-corrected chi connectivity index (χ4v) is 2.59. The Labute approximate surface area is 79.7 Å². The fourth-order valence-electron chi connectivity index (χ4n) is 1.62. The molecule has 0 spiro atoms. The Morgan fingerprint density at radius 2 is 2.09 bits per heavy atom. The molecule has 0 atom stereocenters. The predicted molar refractivity (Wildman–Crippen MR) is 51.2 cm³/mol. The highest BCUT2D eigenvalue weighted by atomic mass is 79.9. The molecular formula is C9H8BrCl. The maximum Gasteiger partial charge on any atom is 0.0451 e. The first-order chi connectivity index (χ1) is 5.27. The van der Waals surface area contributed by atoms with Crippen LogP contribution in [0.15, 0.2) is 16.6 Å². The Morgan fingerprint density at radius 1 is 1.27 bits per heavy atom. The second-order valence-electron chi connectivity index (χ2n) is 2.88. The third kappa shape index (κ3) is 1.32. The van der Waals surface area contributed by atoms with E-state index in [-0.39, 0.29) is 0 Å². The van der Waals surface area contributed by atoms with Crippen LogP contribution in [0.2, 0.25) is 5.02 Å². The summed E-state index contributed by atoms with van der Waals surface area (Å²) in [4.78, 5) is 0. The van der Waals surface area contributed by atoms with Gasteiger partial charge in [0.15, 0.2) is 0 Å². The first kappa shape index (κ1) is 7.63. The second-order valence-corrected chi connectivity index (χ2v) is 4.20. The van der Waals surface area contributed by atoms with Crippen LogP contribution >= 0.6 is 27.5 Å². The summed E-state index contributed by atoms with van der Waals surface area (Å²) >= 11 is 9.48. The van der Waals surface area contributed by atoms with Crippen molar-refractivity contribution in [3.05, 3.63) is 32.8 Å². The minimum Gasteiger partial charge on any atom is -0.0840 e. The number of rotatable bonds is 0. The van der Waals surface area contributed by atoms with E-state index in [1.807, 2.05) is 6.07 Å². The molecule has 0 saturated heterocycles.